The van der Waals surface area contributed by atoms with Gasteiger partial charge in [-0.15, -0.1) is 0 Å². The fraction of sp³-hybridized carbons (Fsp3) is 0.250. The lowest BCUT2D eigenvalue weighted by Gasteiger charge is -2.12. The van der Waals surface area contributed by atoms with Crippen LogP contribution in [0.5, 0.6) is 5.75 Å². The Kier molecular flexibility index (Phi) is 5.23. The third-order valence-electron chi connectivity index (χ3n) is 4.13. The first kappa shape index (κ1) is 19.0. The number of carbonyl (C=O) groups is 1. The van der Waals surface area contributed by atoms with Crippen LogP contribution in [0.1, 0.15) is 36.0 Å². The van der Waals surface area contributed by atoms with Gasteiger partial charge in [0.15, 0.2) is 21.2 Å². The summed E-state index contributed by atoms with van der Waals surface area (Å²) in [7, 11) is -3.38. The molecule has 1 N–H and O–H groups in total. The Balaban J connectivity index is 1.83. The number of furan rings is 1. The second-order valence-electron chi connectivity index (χ2n) is 6.25. The maximum absolute atomic E-state index is 12.5. The molecule has 0 bridgehead atoms. The number of hydrogen-bond donors (Lipinski definition) is 1. The zero-order chi connectivity index (χ0) is 19.6. The molecule has 0 aliphatic carbocycles. The van der Waals surface area contributed by atoms with Gasteiger partial charge in [0.2, 0.25) is 0 Å². The van der Waals surface area contributed by atoms with Gasteiger partial charge in [0.25, 0.3) is 5.91 Å². The van der Waals surface area contributed by atoms with Crippen molar-refractivity contribution >= 4 is 26.7 Å². The van der Waals surface area contributed by atoms with E-state index in [1.54, 1.807) is 19.1 Å². The average molecular weight is 387 g/mol. The van der Waals surface area contributed by atoms with Gasteiger partial charge in [-0.25, -0.2) is 8.42 Å². The van der Waals surface area contributed by atoms with Gasteiger partial charge in [-0.2, -0.15) is 0 Å². The van der Waals surface area contributed by atoms with E-state index in [0.29, 0.717) is 23.7 Å². The molecule has 0 saturated heterocycles. The number of hydrogen-bond acceptors (Lipinski definition) is 5. The second-order valence-corrected chi connectivity index (χ2v) is 8.27. The lowest BCUT2D eigenvalue weighted by Crippen LogP contribution is -2.26. The van der Waals surface area contributed by atoms with Gasteiger partial charge in [-0.05, 0) is 44.2 Å². The average Bonchev–Trinajstić information content (AvgIpc) is 3.07. The van der Waals surface area contributed by atoms with Gasteiger partial charge in [0.1, 0.15) is 5.76 Å². The molecule has 0 saturated carbocycles. The zero-order valence-corrected chi connectivity index (χ0v) is 16.2. The summed E-state index contributed by atoms with van der Waals surface area (Å²) in [6.07, 6.45) is 1.11. The minimum atomic E-state index is -3.38. The summed E-state index contributed by atoms with van der Waals surface area (Å²) in [5.74, 6) is 0.865. The van der Waals surface area contributed by atoms with E-state index < -0.39 is 15.9 Å². The quantitative estimate of drug-likeness (QED) is 0.697. The number of fused-ring (bicyclic) bond motifs is 1. The number of sulfone groups is 1. The van der Waals surface area contributed by atoms with E-state index in [2.05, 4.69) is 5.32 Å². The van der Waals surface area contributed by atoms with Crippen LogP contribution in [0.4, 0.5) is 0 Å². The highest BCUT2D eigenvalue weighted by molar-refractivity contribution is 7.90. The monoisotopic (exact) mass is 387 g/mol. The van der Waals surface area contributed by atoms with Crippen molar-refractivity contribution in [1.29, 1.82) is 0 Å². The molecular formula is C20H21NO5S. The molecule has 1 heterocycles. The molecule has 7 heteroatoms. The topological polar surface area (TPSA) is 85.6 Å². The maximum atomic E-state index is 12.5. The van der Waals surface area contributed by atoms with Crippen LogP contribution in [0.25, 0.3) is 11.0 Å². The molecule has 3 rings (SSSR count). The number of carbonyl (C=O) groups excluding carboxylic acids is 1. The Morgan fingerprint density at radius 2 is 1.93 bits per heavy atom. The van der Waals surface area contributed by atoms with Crippen LogP contribution in [0.3, 0.4) is 0 Å². The summed E-state index contributed by atoms with van der Waals surface area (Å²) in [5, 5.41) is 3.72. The van der Waals surface area contributed by atoms with Crippen LogP contribution in [-0.2, 0) is 9.84 Å². The lowest BCUT2D eigenvalue weighted by molar-refractivity contribution is 0.0935. The number of ether oxygens (including phenoxy) is 1. The first-order valence-electron chi connectivity index (χ1n) is 8.56. The minimum absolute atomic E-state index is 0.105. The normalized spacial score (nSPS) is 12.7. The molecule has 0 spiro atoms. The first-order chi connectivity index (χ1) is 12.8. The van der Waals surface area contributed by atoms with E-state index in [0.717, 1.165) is 11.6 Å². The van der Waals surface area contributed by atoms with Crippen LogP contribution >= 0.6 is 0 Å². The van der Waals surface area contributed by atoms with Crippen LogP contribution in [0, 0.1) is 0 Å². The van der Waals surface area contributed by atoms with Gasteiger partial charge < -0.3 is 14.5 Å². The van der Waals surface area contributed by atoms with E-state index in [4.69, 9.17) is 9.15 Å². The third kappa shape index (κ3) is 4.14. The Labute approximate surface area is 158 Å². The van der Waals surface area contributed by atoms with Crippen molar-refractivity contribution in [3.8, 4) is 5.75 Å². The molecule has 142 valence electrons. The standard InChI is InChI=1S/C20H21NO5S/c1-4-25-17-10-6-7-14-12-18(26-19(14)17)13(2)21-20(22)15-8-5-9-16(11-15)27(3,23)24/h5-13H,4H2,1-3H3,(H,21,22). The van der Waals surface area contributed by atoms with Crippen molar-refractivity contribution < 1.29 is 22.4 Å². The molecule has 0 aliphatic rings. The summed E-state index contributed by atoms with van der Waals surface area (Å²) in [4.78, 5) is 12.6. The molecule has 2 aromatic carbocycles. The smallest absolute Gasteiger partial charge is 0.251 e. The SMILES string of the molecule is CCOc1cccc2cc(C(C)NC(=O)c3cccc(S(C)(=O)=O)c3)oc12. The van der Waals surface area contributed by atoms with Gasteiger partial charge in [-0.1, -0.05) is 18.2 Å². The highest BCUT2D eigenvalue weighted by atomic mass is 32.2. The lowest BCUT2D eigenvalue weighted by atomic mass is 10.1. The van der Waals surface area contributed by atoms with Crippen molar-refractivity contribution in [2.24, 2.45) is 0 Å². The number of amides is 1. The molecule has 6 nitrogen and oxygen atoms in total. The van der Waals surface area contributed by atoms with Crippen molar-refractivity contribution in [3.05, 3.63) is 59.9 Å². The molecule has 3 aromatic rings. The molecule has 1 amide bonds. The minimum Gasteiger partial charge on any atom is -0.490 e. The van der Waals surface area contributed by atoms with Crippen LogP contribution in [0.15, 0.2) is 57.8 Å². The molecular weight excluding hydrogens is 366 g/mol. The highest BCUT2D eigenvalue weighted by Gasteiger charge is 2.18. The zero-order valence-electron chi connectivity index (χ0n) is 15.4. The number of benzene rings is 2. The maximum Gasteiger partial charge on any atom is 0.251 e. The van der Waals surface area contributed by atoms with Gasteiger partial charge in [0, 0.05) is 17.2 Å². The second kappa shape index (κ2) is 7.44. The Morgan fingerprint density at radius 1 is 1.19 bits per heavy atom. The summed E-state index contributed by atoms with van der Waals surface area (Å²) in [6, 6.07) is 13.0. The van der Waals surface area contributed by atoms with Crippen LogP contribution in [0.2, 0.25) is 0 Å². The van der Waals surface area contributed by atoms with Crippen molar-refractivity contribution in [3.63, 3.8) is 0 Å². The van der Waals surface area contributed by atoms with Gasteiger partial charge in [0.05, 0.1) is 17.5 Å². The van der Waals surface area contributed by atoms with E-state index in [1.807, 2.05) is 31.2 Å². The van der Waals surface area contributed by atoms with Crippen LogP contribution < -0.4 is 10.1 Å². The molecule has 0 aliphatic heterocycles. The summed E-state index contributed by atoms with van der Waals surface area (Å²) < 4.78 is 34.8. The highest BCUT2D eigenvalue weighted by Crippen LogP contribution is 2.31. The molecule has 1 aromatic heterocycles. The van der Waals surface area contributed by atoms with E-state index >= 15 is 0 Å². The number of rotatable bonds is 6. The first-order valence-corrected chi connectivity index (χ1v) is 10.4. The molecule has 0 fully saturated rings. The Hall–Kier alpha value is -2.80. The Morgan fingerprint density at radius 3 is 2.63 bits per heavy atom. The summed E-state index contributed by atoms with van der Waals surface area (Å²) in [5.41, 5.74) is 0.908. The largest absolute Gasteiger partial charge is 0.490 e. The molecule has 27 heavy (non-hydrogen) atoms. The fourth-order valence-corrected chi connectivity index (χ4v) is 3.42. The predicted molar refractivity (Wildman–Crippen MR) is 103 cm³/mol. The van der Waals surface area contributed by atoms with Crippen molar-refractivity contribution in [1.82, 2.24) is 5.32 Å². The summed E-state index contributed by atoms with van der Waals surface area (Å²) in [6.45, 7) is 4.23. The number of nitrogens with one attached hydrogen (secondary N) is 1. The van der Waals surface area contributed by atoms with Crippen molar-refractivity contribution in [2.45, 2.75) is 24.8 Å². The van der Waals surface area contributed by atoms with E-state index in [9.17, 15) is 13.2 Å². The number of para-hydroxylation sites is 1. The molecule has 1 atom stereocenters. The fourth-order valence-electron chi connectivity index (χ4n) is 2.76. The Bertz CT molecular complexity index is 1080. The third-order valence-corrected chi connectivity index (χ3v) is 5.24. The van der Waals surface area contributed by atoms with Gasteiger partial charge >= 0.3 is 0 Å². The van der Waals surface area contributed by atoms with Gasteiger partial charge in [-0.3, -0.25) is 4.79 Å². The van der Waals surface area contributed by atoms with E-state index in [1.165, 1.54) is 12.1 Å². The van der Waals surface area contributed by atoms with Crippen molar-refractivity contribution in [2.75, 3.05) is 12.9 Å². The molecule has 1 unspecified atom stereocenters. The molecule has 0 radical (unpaired) electrons. The van der Waals surface area contributed by atoms with E-state index in [-0.39, 0.29) is 16.4 Å². The van der Waals surface area contributed by atoms with Crippen LogP contribution in [-0.4, -0.2) is 27.2 Å². The predicted octanol–water partition coefficient (Wildman–Crippen LogP) is 3.73. The summed E-state index contributed by atoms with van der Waals surface area (Å²) >= 11 is 0.